The van der Waals surface area contributed by atoms with Crippen LogP contribution in [0.3, 0.4) is 0 Å². The van der Waals surface area contributed by atoms with Crippen LogP contribution in [0.5, 0.6) is 34.5 Å². The van der Waals surface area contributed by atoms with Crippen LogP contribution >= 0.6 is 15.9 Å². The summed E-state index contributed by atoms with van der Waals surface area (Å²) < 4.78 is 16.7. The van der Waals surface area contributed by atoms with Crippen molar-refractivity contribution in [2.75, 3.05) is 21.3 Å². The van der Waals surface area contributed by atoms with E-state index in [1.54, 1.807) is 81.0 Å². The van der Waals surface area contributed by atoms with Gasteiger partial charge in [-0.2, -0.15) is 0 Å². The first kappa shape index (κ1) is 46.2. The smallest absolute Gasteiger partial charge is 0.492 e. The van der Waals surface area contributed by atoms with Crippen molar-refractivity contribution in [3.8, 4) is 56.8 Å². The number of hydrogen-bond donors (Lipinski definition) is 5. The van der Waals surface area contributed by atoms with Gasteiger partial charge in [0.25, 0.3) is 0 Å². The molecule has 6 aromatic carbocycles. The van der Waals surface area contributed by atoms with Gasteiger partial charge in [-0.15, -0.1) is 13.2 Å². The molecule has 8 nitrogen and oxygen atoms in total. The van der Waals surface area contributed by atoms with Gasteiger partial charge in [0.1, 0.15) is 34.5 Å². The number of benzene rings is 6. The molecule has 0 unspecified atom stereocenters. The predicted molar refractivity (Wildman–Crippen MR) is 241 cm³/mol. The van der Waals surface area contributed by atoms with Crippen LogP contribution in [0.4, 0.5) is 0 Å². The highest BCUT2D eigenvalue weighted by molar-refractivity contribution is 9.10. The van der Waals surface area contributed by atoms with Crippen molar-refractivity contribution >= 4 is 34.6 Å². The van der Waals surface area contributed by atoms with Crippen LogP contribution in [0.15, 0.2) is 163 Å². The molecule has 0 atom stereocenters. The van der Waals surface area contributed by atoms with Crippen molar-refractivity contribution in [1.29, 1.82) is 0 Å². The maximum Gasteiger partial charge on any atom is 0.492 e. The summed E-state index contributed by atoms with van der Waals surface area (Å²) in [6.45, 7) is 9.36. The number of methoxy groups -OCH3 is 3. The zero-order valence-electron chi connectivity index (χ0n) is 33.2. The first-order valence-electron chi connectivity index (χ1n) is 18.2. The maximum absolute atomic E-state index is 9.33. The van der Waals surface area contributed by atoms with Gasteiger partial charge in [0.2, 0.25) is 0 Å². The molecule has 0 aliphatic carbocycles. The zero-order chi connectivity index (χ0) is 42.5. The van der Waals surface area contributed by atoms with Crippen LogP contribution in [0.2, 0.25) is 0 Å². The van der Waals surface area contributed by atoms with E-state index in [1.807, 2.05) is 79.7 Å². The lowest BCUT2D eigenvalue weighted by molar-refractivity contribution is 0.403. The Labute approximate surface area is 350 Å². The number of hydrogen-bond acceptors (Lipinski definition) is 8. The van der Waals surface area contributed by atoms with Gasteiger partial charge in [-0.1, -0.05) is 88.8 Å². The Morgan fingerprint density at radius 2 is 0.966 bits per heavy atom. The normalized spacial score (nSPS) is 10.1. The molecule has 0 saturated carbocycles. The van der Waals surface area contributed by atoms with Crippen LogP contribution in [0.1, 0.15) is 23.6 Å². The average molecular weight is 846 g/mol. The van der Waals surface area contributed by atoms with E-state index in [4.69, 9.17) is 29.4 Å². The molecule has 0 spiro atoms. The summed E-state index contributed by atoms with van der Waals surface area (Å²) in [6, 6.07) is 38.5. The molecule has 5 N–H and O–H groups in total. The zero-order valence-corrected chi connectivity index (χ0v) is 34.8. The van der Waals surface area contributed by atoms with Gasteiger partial charge < -0.3 is 39.6 Å². The molecule has 0 heterocycles. The van der Waals surface area contributed by atoms with Gasteiger partial charge in [0, 0.05) is 21.1 Å². The lowest BCUT2D eigenvalue weighted by Gasteiger charge is -2.10. The molecule has 300 valence electrons. The highest BCUT2D eigenvalue weighted by Gasteiger charge is 2.17. The number of allylic oxidation sites excluding steroid dienone is 3. The van der Waals surface area contributed by atoms with Crippen LogP contribution in [-0.2, 0) is 12.8 Å². The Morgan fingerprint density at radius 1 is 0.552 bits per heavy atom. The van der Waals surface area contributed by atoms with Crippen molar-refractivity contribution in [1.82, 2.24) is 0 Å². The quantitative estimate of drug-likeness (QED) is 0.0644. The Morgan fingerprint density at radius 3 is 1.38 bits per heavy atom. The molecule has 0 fully saturated rings. The molecule has 58 heavy (non-hydrogen) atoms. The summed E-state index contributed by atoms with van der Waals surface area (Å²) in [4.78, 5) is 0. The number of phenols is 3. The van der Waals surface area contributed by atoms with E-state index in [-0.39, 0.29) is 11.5 Å². The van der Waals surface area contributed by atoms with E-state index < -0.39 is 7.12 Å². The predicted octanol–water partition coefficient (Wildman–Crippen LogP) is 10.2. The number of phenolic OH excluding ortho intramolecular Hbond substituents is 3. The highest BCUT2D eigenvalue weighted by atomic mass is 79.9. The van der Waals surface area contributed by atoms with Crippen LogP contribution in [0, 0.1) is 0 Å². The molecule has 0 saturated heterocycles. The molecule has 0 amide bonds. The van der Waals surface area contributed by atoms with Crippen molar-refractivity contribution in [3.63, 3.8) is 0 Å². The molecule has 0 aliphatic heterocycles. The number of halogens is 1. The highest BCUT2D eigenvalue weighted by Crippen LogP contribution is 2.33. The number of rotatable bonds is 11. The molecular formula is C48H50BBrO8. The summed E-state index contributed by atoms with van der Waals surface area (Å²) in [5.74, 6) is 2.96. The fourth-order valence-electron chi connectivity index (χ4n) is 5.52. The second-order valence-corrected chi connectivity index (χ2v) is 13.4. The van der Waals surface area contributed by atoms with Crippen LogP contribution in [0.25, 0.3) is 28.3 Å². The van der Waals surface area contributed by atoms with E-state index in [1.165, 1.54) is 12.7 Å². The minimum atomic E-state index is -1.50. The first-order chi connectivity index (χ1) is 28.0. The standard InChI is InChI=1S/2C16H16O2.C10H13BO3.C6H5BrO/c2*1-3-4-12-5-10-16(18-2)15(11-12)13-6-8-14(17)9-7-13;1-3-4-8-5-6-10(14-2)9(7-8)11(12)13;7-5-1-3-6(8)4-2-5/h3-11,17H,1-2H3;3,5-11,17H,1,4H2,2H3;3,5-7,12-13H,1,4H2,2H3;1-4,8H/b4-3+;;;. The summed E-state index contributed by atoms with van der Waals surface area (Å²) in [6.07, 6.45) is 9.21. The van der Waals surface area contributed by atoms with Gasteiger partial charge in [0.15, 0.2) is 0 Å². The lowest BCUT2D eigenvalue weighted by atomic mass is 9.78. The van der Waals surface area contributed by atoms with Gasteiger partial charge >= 0.3 is 7.12 Å². The molecule has 6 rings (SSSR count). The Kier molecular flexibility index (Phi) is 19.5. The Bertz CT molecular complexity index is 2180. The Hall–Kier alpha value is -6.20. The number of aromatic hydroxyl groups is 3. The van der Waals surface area contributed by atoms with Gasteiger partial charge in [0.05, 0.1) is 21.3 Å². The number of ether oxygens (including phenoxy) is 3. The summed E-state index contributed by atoms with van der Waals surface area (Å²) >= 11 is 3.23. The minimum absolute atomic E-state index is 0.264. The van der Waals surface area contributed by atoms with Gasteiger partial charge in [-0.05, 0) is 126 Å². The minimum Gasteiger partial charge on any atom is -0.508 e. The molecule has 0 radical (unpaired) electrons. The topological polar surface area (TPSA) is 129 Å². The van der Waals surface area contributed by atoms with E-state index in [9.17, 15) is 10.2 Å². The average Bonchev–Trinajstić information content (AvgIpc) is 3.23. The Balaban J connectivity index is 0.000000214. The second-order valence-electron chi connectivity index (χ2n) is 12.5. The molecule has 0 bridgehead atoms. The van der Waals surface area contributed by atoms with E-state index in [2.05, 4.69) is 41.2 Å². The monoisotopic (exact) mass is 844 g/mol. The largest absolute Gasteiger partial charge is 0.508 e. The third-order valence-electron chi connectivity index (χ3n) is 8.36. The second kappa shape index (κ2) is 24.4. The van der Waals surface area contributed by atoms with Crippen molar-refractivity contribution in [3.05, 3.63) is 180 Å². The van der Waals surface area contributed by atoms with Crippen LogP contribution < -0.4 is 19.7 Å². The van der Waals surface area contributed by atoms with Crippen molar-refractivity contribution < 1.29 is 39.6 Å². The summed E-state index contributed by atoms with van der Waals surface area (Å²) in [7, 11) is 3.31. The summed E-state index contributed by atoms with van der Waals surface area (Å²) in [5.41, 5.74) is 7.77. The lowest BCUT2D eigenvalue weighted by Crippen LogP contribution is -2.31. The molecule has 0 aromatic heterocycles. The van der Waals surface area contributed by atoms with E-state index in [0.717, 1.165) is 55.8 Å². The van der Waals surface area contributed by atoms with Crippen molar-refractivity contribution in [2.45, 2.75) is 19.8 Å². The van der Waals surface area contributed by atoms with E-state index in [0.29, 0.717) is 23.4 Å². The third-order valence-corrected chi connectivity index (χ3v) is 8.89. The van der Waals surface area contributed by atoms with Gasteiger partial charge in [-0.3, -0.25) is 0 Å². The van der Waals surface area contributed by atoms with Gasteiger partial charge in [-0.25, -0.2) is 0 Å². The summed E-state index contributed by atoms with van der Waals surface area (Å²) in [5, 5.41) is 45.5. The first-order valence-corrected chi connectivity index (χ1v) is 19.0. The molecule has 10 heteroatoms. The third kappa shape index (κ3) is 14.7. The van der Waals surface area contributed by atoms with Crippen LogP contribution in [-0.4, -0.2) is 53.8 Å². The fraction of sp³-hybridized carbons (Fsp3) is 0.125. The fourth-order valence-corrected chi connectivity index (χ4v) is 5.79. The maximum atomic E-state index is 9.33. The van der Waals surface area contributed by atoms with E-state index >= 15 is 0 Å². The molecular weight excluding hydrogens is 795 g/mol. The van der Waals surface area contributed by atoms with Crippen molar-refractivity contribution in [2.24, 2.45) is 0 Å². The molecule has 6 aromatic rings. The SMILES string of the molecule is C/C=C/c1ccc(OC)c(-c2ccc(O)cc2)c1.C=CCc1ccc(OC)c(-c2ccc(O)cc2)c1.C=CCc1ccc(OC)c(B(O)O)c1.Oc1ccc(Br)cc1. The molecule has 0 aliphatic rings.